The van der Waals surface area contributed by atoms with E-state index in [9.17, 15) is 0 Å². The van der Waals surface area contributed by atoms with Crippen LogP contribution in [0.25, 0.3) is 0 Å². The zero-order valence-electron chi connectivity index (χ0n) is 11.9. The smallest absolute Gasteiger partial charge is 0.0574 e. The predicted molar refractivity (Wildman–Crippen MR) is 83.5 cm³/mol. The van der Waals surface area contributed by atoms with E-state index < -0.39 is 0 Å². The molecule has 19 heavy (non-hydrogen) atoms. The summed E-state index contributed by atoms with van der Waals surface area (Å²) in [6.45, 7) is 7.44. The Morgan fingerprint density at radius 2 is 1.63 bits per heavy atom. The van der Waals surface area contributed by atoms with Gasteiger partial charge in [-0.3, -0.25) is 0 Å². The topological polar surface area (TPSA) is 38.0 Å². The second kappa shape index (κ2) is 5.35. The van der Waals surface area contributed by atoms with Gasteiger partial charge >= 0.3 is 0 Å². The Balaban J connectivity index is 2.09. The summed E-state index contributed by atoms with van der Waals surface area (Å²) in [6.07, 6.45) is 0. The molecule has 0 radical (unpaired) electrons. The first-order valence-electron chi connectivity index (χ1n) is 6.64. The van der Waals surface area contributed by atoms with Crippen molar-refractivity contribution in [1.29, 1.82) is 0 Å². The maximum Gasteiger partial charge on any atom is 0.0574 e. The third-order valence-corrected chi connectivity index (χ3v) is 3.51. The predicted octanol–water partition coefficient (Wildman–Crippen LogP) is 3.97. The summed E-state index contributed by atoms with van der Waals surface area (Å²) in [5, 5.41) is 3.44. The lowest BCUT2D eigenvalue weighted by Gasteiger charge is -2.26. The van der Waals surface area contributed by atoms with Gasteiger partial charge in [0, 0.05) is 12.0 Å². The SMILES string of the molecule is Cc1ccc(C(C)(C)CNc2ccccc2N)cc1. The van der Waals surface area contributed by atoms with Crippen molar-refractivity contribution in [3.63, 3.8) is 0 Å². The van der Waals surface area contributed by atoms with Crippen LogP contribution in [-0.2, 0) is 5.41 Å². The molecular formula is C17H22N2. The van der Waals surface area contributed by atoms with Crippen molar-refractivity contribution in [3.05, 3.63) is 59.7 Å². The van der Waals surface area contributed by atoms with Crippen molar-refractivity contribution in [2.45, 2.75) is 26.2 Å². The molecule has 0 amide bonds. The van der Waals surface area contributed by atoms with Crippen molar-refractivity contribution < 1.29 is 0 Å². The van der Waals surface area contributed by atoms with Gasteiger partial charge in [-0.25, -0.2) is 0 Å². The van der Waals surface area contributed by atoms with Crippen molar-refractivity contribution in [2.24, 2.45) is 0 Å². The quantitative estimate of drug-likeness (QED) is 0.810. The van der Waals surface area contributed by atoms with Gasteiger partial charge in [0.25, 0.3) is 0 Å². The molecule has 3 N–H and O–H groups in total. The molecule has 0 atom stereocenters. The Morgan fingerprint density at radius 1 is 1.00 bits per heavy atom. The summed E-state index contributed by atoms with van der Waals surface area (Å²) in [7, 11) is 0. The highest BCUT2D eigenvalue weighted by Gasteiger charge is 2.20. The highest BCUT2D eigenvalue weighted by atomic mass is 14.9. The zero-order chi connectivity index (χ0) is 13.9. The monoisotopic (exact) mass is 254 g/mol. The molecule has 0 unspecified atom stereocenters. The summed E-state index contributed by atoms with van der Waals surface area (Å²) in [4.78, 5) is 0. The van der Waals surface area contributed by atoms with Crippen molar-refractivity contribution in [1.82, 2.24) is 0 Å². The molecule has 0 bridgehead atoms. The molecule has 2 rings (SSSR count). The fraction of sp³-hybridized carbons (Fsp3) is 0.294. The summed E-state index contributed by atoms with van der Waals surface area (Å²) < 4.78 is 0. The number of rotatable bonds is 4. The van der Waals surface area contributed by atoms with E-state index in [2.05, 4.69) is 50.4 Å². The minimum atomic E-state index is 0.0655. The van der Waals surface area contributed by atoms with E-state index in [4.69, 9.17) is 5.73 Å². The van der Waals surface area contributed by atoms with Gasteiger partial charge in [0.15, 0.2) is 0 Å². The van der Waals surface area contributed by atoms with Gasteiger partial charge in [-0.1, -0.05) is 55.8 Å². The van der Waals surface area contributed by atoms with Gasteiger partial charge in [-0.2, -0.15) is 0 Å². The van der Waals surface area contributed by atoms with Crippen LogP contribution < -0.4 is 11.1 Å². The van der Waals surface area contributed by atoms with Crippen LogP contribution in [0.15, 0.2) is 48.5 Å². The molecule has 0 saturated carbocycles. The van der Waals surface area contributed by atoms with Crippen molar-refractivity contribution >= 4 is 11.4 Å². The summed E-state index contributed by atoms with van der Waals surface area (Å²) >= 11 is 0. The number of hydrogen-bond acceptors (Lipinski definition) is 2. The molecule has 0 saturated heterocycles. The average molecular weight is 254 g/mol. The third kappa shape index (κ3) is 3.28. The van der Waals surface area contributed by atoms with E-state index in [1.807, 2.05) is 24.3 Å². The highest BCUT2D eigenvalue weighted by Crippen LogP contribution is 2.25. The van der Waals surface area contributed by atoms with Crippen LogP contribution in [0.5, 0.6) is 0 Å². The van der Waals surface area contributed by atoms with E-state index in [0.717, 1.165) is 17.9 Å². The lowest BCUT2D eigenvalue weighted by atomic mass is 9.84. The maximum atomic E-state index is 5.95. The van der Waals surface area contributed by atoms with Crippen LogP contribution in [0, 0.1) is 6.92 Å². The summed E-state index contributed by atoms with van der Waals surface area (Å²) in [5.74, 6) is 0. The number of hydrogen-bond donors (Lipinski definition) is 2. The van der Waals surface area contributed by atoms with E-state index >= 15 is 0 Å². The van der Waals surface area contributed by atoms with E-state index in [-0.39, 0.29) is 5.41 Å². The maximum absolute atomic E-state index is 5.95. The fourth-order valence-corrected chi connectivity index (χ4v) is 2.08. The van der Waals surface area contributed by atoms with Gasteiger partial charge in [0.05, 0.1) is 11.4 Å². The molecule has 2 nitrogen and oxygen atoms in total. The molecule has 2 heteroatoms. The second-order valence-corrected chi connectivity index (χ2v) is 5.69. The molecule has 0 heterocycles. The van der Waals surface area contributed by atoms with E-state index in [1.165, 1.54) is 11.1 Å². The zero-order valence-corrected chi connectivity index (χ0v) is 11.9. The first kappa shape index (κ1) is 13.5. The minimum Gasteiger partial charge on any atom is -0.397 e. The van der Waals surface area contributed by atoms with Gasteiger partial charge < -0.3 is 11.1 Å². The Hall–Kier alpha value is -1.96. The van der Waals surface area contributed by atoms with Crippen LogP contribution in [0.2, 0.25) is 0 Å². The Bertz CT molecular complexity index is 541. The fourth-order valence-electron chi connectivity index (χ4n) is 2.08. The molecule has 0 aliphatic heterocycles. The van der Waals surface area contributed by atoms with Crippen LogP contribution in [0.4, 0.5) is 11.4 Å². The largest absolute Gasteiger partial charge is 0.397 e. The molecule has 0 aromatic heterocycles. The second-order valence-electron chi connectivity index (χ2n) is 5.69. The standard InChI is InChI=1S/C17H22N2/c1-13-8-10-14(11-9-13)17(2,3)12-19-16-7-5-4-6-15(16)18/h4-11,19H,12,18H2,1-3H3. The van der Waals surface area contributed by atoms with Crippen molar-refractivity contribution in [3.8, 4) is 0 Å². The normalized spacial score (nSPS) is 11.3. The number of nitrogen functional groups attached to an aromatic ring is 1. The summed E-state index contributed by atoms with van der Waals surface area (Å²) in [6, 6.07) is 16.6. The molecule has 0 aliphatic rings. The highest BCUT2D eigenvalue weighted by molar-refractivity contribution is 5.65. The summed E-state index contributed by atoms with van der Waals surface area (Å²) in [5.41, 5.74) is 10.4. The number of nitrogens with two attached hydrogens (primary N) is 1. The number of aryl methyl sites for hydroxylation is 1. The first-order valence-corrected chi connectivity index (χ1v) is 6.64. The first-order chi connectivity index (χ1) is 8.99. The number of anilines is 2. The number of nitrogens with one attached hydrogen (secondary N) is 1. The third-order valence-electron chi connectivity index (χ3n) is 3.51. The van der Waals surface area contributed by atoms with E-state index in [0.29, 0.717) is 0 Å². The van der Waals surface area contributed by atoms with Crippen LogP contribution in [-0.4, -0.2) is 6.54 Å². The van der Waals surface area contributed by atoms with E-state index in [1.54, 1.807) is 0 Å². The Kier molecular flexibility index (Phi) is 3.79. The molecule has 2 aromatic rings. The molecule has 100 valence electrons. The molecule has 0 fully saturated rings. The van der Waals surface area contributed by atoms with Gasteiger partial charge in [-0.05, 0) is 24.6 Å². The lowest BCUT2D eigenvalue weighted by Crippen LogP contribution is -2.27. The molecule has 2 aromatic carbocycles. The molecule has 0 aliphatic carbocycles. The van der Waals surface area contributed by atoms with Gasteiger partial charge in [0.1, 0.15) is 0 Å². The Morgan fingerprint density at radius 3 is 2.26 bits per heavy atom. The van der Waals surface area contributed by atoms with Crippen LogP contribution in [0.3, 0.4) is 0 Å². The molecule has 0 spiro atoms. The number of para-hydroxylation sites is 2. The van der Waals surface area contributed by atoms with Crippen LogP contribution >= 0.6 is 0 Å². The lowest BCUT2D eigenvalue weighted by molar-refractivity contribution is 0.557. The number of benzene rings is 2. The minimum absolute atomic E-state index is 0.0655. The average Bonchev–Trinajstić information content (AvgIpc) is 2.38. The van der Waals surface area contributed by atoms with Crippen LogP contribution in [0.1, 0.15) is 25.0 Å². The van der Waals surface area contributed by atoms with Gasteiger partial charge in [0.2, 0.25) is 0 Å². The Labute approximate surface area is 115 Å². The van der Waals surface area contributed by atoms with Gasteiger partial charge in [-0.15, -0.1) is 0 Å². The van der Waals surface area contributed by atoms with Crippen molar-refractivity contribution in [2.75, 3.05) is 17.6 Å². The molecular weight excluding hydrogens is 232 g/mol.